The van der Waals surface area contributed by atoms with Crippen LogP contribution in [0.1, 0.15) is 48.4 Å². The molecule has 0 fully saturated rings. The van der Waals surface area contributed by atoms with E-state index in [1.165, 1.54) is 12.1 Å². The molecule has 8 heteroatoms. The molecule has 174 valence electrons. The molecule has 1 aromatic heterocycles. The molecule has 0 aliphatic heterocycles. The van der Waals surface area contributed by atoms with Gasteiger partial charge in [-0.2, -0.15) is 4.72 Å². The Morgan fingerprint density at radius 2 is 1.79 bits per heavy atom. The molecular formula is C25H27NO6S. The number of sulfonamides is 1. The van der Waals surface area contributed by atoms with E-state index in [0.29, 0.717) is 24.0 Å². The molecule has 4 rings (SSSR count). The highest BCUT2D eigenvalue weighted by Crippen LogP contribution is 2.33. The third-order valence-electron chi connectivity index (χ3n) is 6.04. The van der Waals surface area contributed by atoms with Gasteiger partial charge in [-0.1, -0.05) is 31.0 Å². The molecule has 0 saturated carbocycles. The minimum Gasteiger partial charge on any atom is -0.425 e. The quantitative estimate of drug-likeness (QED) is 0.319. The second kappa shape index (κ2) is 9.11. The first-order valence-corrected chi connectivity index (χ1v) is 12.6. The van der Waals surface area contributed by atoms with E-state index >= 15 is 0 Å². The van der Waals surface area contributed by atoms with Crippen LogP contribution in [0, 0.1) is 13.8 Å². The van der Waals surface area contributed by atoms with Crippen molar-refractivity contribution >= 4 is 27.0 Å². The van der Waals surface area contributed by atoms with Crippen LogP contribution in [0.25, 0.3) is 11.0 Å². The van der Waals surface area contributed by atoms with Gasteiger partial charge in [-0.25, -0.2) is 18.0 Å². The minimum atomic E-state index is -3.90. The Hall–Kier alpha value is -2.97. The highest BCUT2D eigenvalue weighted by Gasteiger charge is 2.28. The summed E-state index contributed by atoms with van der Waals surface area (Å²) in [5, 5.41) is 0.851. The second-order valence-electron chi connectivity index (χ2n) is 8.46. The summed E-state index contributed by atoms with van der Waals surface area (Å²) in [5.41, 5.74) is 3.23. The number of hydrogen-bond donors (Lipinski definition) is 1. The third-order valence-corrected chi connectivity index (χ3v) is 7.53. The van der Waals surface area contributed by atoms with Crippen molar-refractivity contribution in [1.82, 2.24) is 4.72 Å². The highest BCUT2D eigenvalue weighted by molar-refractivity contribution is 7.89. The average Bonchev–Trinajstić information content (AvgIpc) is 3.27. The summed E-state index contributed by atoms with van der Waals surface area (Å²) in [5.74, 6) is -0.470. The van der Waals surface area contributed by atoms with E-state index in [4.69, 9.17) is 9.15 Å². The van der Waals surface area contributed by atoms with Crippen LogP contribution in [0.3, 0.4) is 0 Å². The maximum Gasteiger partial charge on any atom is 0.339 e. The van der Waals surface area contributed by atoms with E-state index < -0.39 is 22.0 Å². The molecule has 1 atom stereocenters. The van der Waals surface area contributed by atoms with Crippen molar-refractivity contribution in [2.75, 3.05) is 0 Å². The van der Waals surface area contributed by atoms with Gasteiger partial charge in [-0.15, -0.1) is 0 Å². The van der Waals surface area contributed by atoms with Crippen LogP contribution in [0.2, 0.25) is 0 Å². The van der Waals surface area contributed by atoms with Gasteiger partial charge in [0.05, 0.1) is 4.90 Å². The zero-order valence-corrected chi connectivity index (χ0v) is 19.8. The van der Waals surface area contributed by atoms with Gasteiger partial charge in [0.15, 0.2) is 0 Å². The number of aryl methyl sites for hydroxylation is 3. The van der Waals surface area contributed by atoms with Crippen molar-refractivity contribution in [2.24, 2.45) is 0 Å². The number of hydrogen-bond acceptors (Lipinski definition) is 6. The van der Waals surface area contributed by atoms with E-state index in [0.717, 1.165) is 34.9 Å². The number of carbonyl (C=O) groups excluding carboxylic acids is 1. The predicted molar refractivity (Wildman–Crippen MR) is 125 cm³/mol. The fraction of sp³-hybridized carbons (Fsp3) is 0.360. The number of carbonyl (C=O) groups is 1. The molecule has 0 saturated heterocycles. The minimum absolute atomic E-state index is 0.0829. The lowest BCUT2D eigenvalue weighted by molar-refractivity contribution is -0.136. The van der Waals surface area contributed by atoms with Gasteiger partial charge in [-0.3, -0.25) is 0 Å². The molecule has 3 aromatic rings. The van der Waals surface area contributed by atoms with Crippen LogP contribution in [0.15, 0.2) is 50.5 Å². The summed E-state index contributed by atoms with van der Waals surface area (Å²) in [4.78, 5) is 25.4. The molecule has 0 amide bonds. The van der Waals surface area contributed by atoms with Crippen molar-refractivity contribution in [3.8, 4) is 5.75 Å². The van der Waals surface area contributed by atoms with Crippen molar-refractivity contribution < 1.29 is 22.4 Å². The molecule has 1 N–H and O–H groups in total. The maximum absolute atomic E-state index is 13.0. The van der Waals surface area contributed by atoms with Crippen molar-refractivity contribution in [1.29, 1.82) is 0 Å². The molecule has 1 aliphatic carbocycles. The van der Waals surface area contributed by atoms with E-state index in [-0.39, 0.29) is 22.7 Å². The van der Waals surface area contributed by atoms with Gasteiger partial charge in [0.2, 0.25) is 10.0 Å². The Morgan fingerprint density at radius 3 is 2.48 bits per heavy atom. The number of ether oxygens (including phenoxy) is 1. The summed E-state index contributed by atoms with van der Waals surface area (Å²) in [6.07, 6.45) is 3.29. The Kier molecular flexibility index (Phi) is 6.41. The average molecular weight is 470 g/mol. The fourth-order valence-corrected chi connectivity index (χ4v) is 5.46. The Bertz CT molecular complexity index is 1370. The van der Waals surface area contributed by atoms with Crippen LogP contribution >= 0.6 is 0 Å². The van der Waals surface area contributed by atoms with Crippen molar-refractivity contribution in [3.63, 3.8) is 0 Å². The monoisotopic (exact) mass is 469 g/mol. The van der Waals surface area contributed by atoms with E-state index in [1.54, 1.807) is 31.2 Å². The first-order chi connectivity index (χ1) is 15.7. The fourth-order valence-electron chi connectivity index (χ4n) is 4.24. The summed E-state index contributed by atoms with van der Waals surface area (Å²) in [6.45, 7) is 5.45. The van der Waals surface area contributed by atoms with Crippen LogP contribution in [0.5, 0.6) is 5.75 Å². The van der Waals surface area contributed by atoms with Gasteiger partial charge in [0.1, 0.15) is 17.4 Å². The Morgan fingerprint density at radius 1 is 1.09 bits per heavy atom. The number of benzene rings is 2. The maximum atomic E-state index is 13.0. The van der Waals surface area contributed by atoms with Crippen LogP contribution in [-0.4, -0.2) is 20.4 Å². The van der Waals surface area contributed by atoms with E-state index in [1.807, 2.05) is 13.8 Å². The molecule has 7 nitrogen and oxygen atoms in total. The summed E-state index contributed by atoms with van der Waals surface area (Å²) < 4.78 is 39.2. The van der Waals surface area contributed by atoms with Gasteiger partial charge >= 0.3 is 11.6 Å². The number of fused-ring (bicyclic) bond motifs is 3. The molecule has 0 radical (unpaired) electrons. The number of rotatable bonds is 7. The number of nitrogens with one attached hydrogen (secondary N) is 1. The lowest BCUT2D eigenvalue weighted by atomic mass is 10.0. The SMILES string of the molecule is CCC[C@H](NS(=O)(=O)c1ccc(C)cc1)C(=O)Oc1ccc2c3c(c(=O)oc2c1C)CCC3. The van der Waals surface area contributed by atoms with Gasteiger partial charge in [0.25, 0.3) is 0 Å². The van der Waals surface area contributed by atoms with Gasteiger partial charge in [0, 0.05) is 16.5 Å². The standard InChI is InChI=1S/C25H27NO6S/c1-4-6-21(26-33(29,30)17-11-9-15(2)10-12-17)25(28)31-22-14-13-19-18-7-5-8-20(18)24(27)32-23(19)16(22)3/h9-14,21,26H,4-8H2,1-3H3/t21-/m0/s1. The summed E-state index contributed by atoms with van der Waals surface area (Å²) in [6, 6.07) is 8.81. The predicted octanol–water partition coefficient (Wildman–Crippen LogP) is 3.95. The molecule has 0 spiro atoms. The molecule has 0 bridgehead atoms. The Labute approximate surface area is 192 Å². The summed E-state index contributed by atoms with van der Waals surface area (Å²) in [7, 11) is -3.90. The zero-order valence-electron chi connectivity index (χ0n) is 18.9. The highest BCUT2D eigenvalue weighted by atomic mass is 32.2. The largest absolute Gasteiger partial charge is 0.425 e. The molecule has 1 heterocycles. The number of esters is 1. The first kappa shape index (κ1) is 23.2. The lowest BCUT2D eigenvalue weighted by Gasteiger charge is -2.18. The lowest BCUT2D eigenvalue weighted by Crippen LogP contribution is -2.42. The molecule has 1 aliphatic rings. The molecule has 33 heavy (non-hydrogen) atoms. The Balaban J connectivity index is 1.61. The molecule has 2 aromatic carbocycles. The second-order valence-corrected chi connectivity index (χ2v) is 10.2. The van der Waals surface area contributed by atoms with E-state index in [9.17, 15) is 18.0 Å². The van der Waals surface area contributed by atoms with Crippen LogP contribution in [0.4, 0.5) is 0 Å². The van der Waals surface area contributed by atoms with Crippen LogP contribution < -0.4 is 15.1 Å². The normalized spacial score (nSPS) is 14.3. The van der Waals surface area contributed by atoms with Crippen molar-refractivity contribution in [3.05, 3.63) is 69.1 Å². The van der Waals surface area contributed by atoms with Gasteiger partial charge < -0.3 is 9.15 Å². The summed E-state index contributed by atoms with van der Waals surface area (Å²) >= 11 is 0. The smallest absolute Gasteiger partial charge is 0.339 e. The molecular weight excluding hydrogens is 442 g/mol. The zero-order chi connectivity index (χ0) is 23.8. The molecule has 0 unspecified atom stereocenters. The first-order valence-electron chi connectivity index (χ1n) is 11.1. The van der Waals surface area contributed by atoms with Crippen molar-refractivity contribution in [2.45, 2.75) is 63.8 Å². The van der Waals surface area contributed by atoms with Crippen LogP contribution in [-0.2, 0) is 27.7 Å². The topological polar surface area (TPSA) is 103 Å². The van der Waals surface area contributed by atoms with E-state index in [2.05, 4.69) is 4.72 Å². The third kappa shape index (κ3) is 4.58. The van der Waals surface area contributed by atoms with Gasteiger partial charge in [-0.05, 0) is 69.4 Å².